The third-order valence-electron chi connectivity index (χ3n) is 3.61. The van der Waals surface area contributed by atoms with E-state index in [1.807, 2.05) is 24.3 Å². The molecule has 4 aromatic rings. The SMILES string of the molecule is Cc1sc2ncnc(Oc3ccc(-c4nnco4)cc3)c2c1C. The summed E-state index contributed by atoms with van der Waals surface area (Å²) in [6, 6.07) is 7.43. The van der Waals surface area contributed by atoms with Gasteiger partial charge in [-0.1, -0.05) is 0 Å². The van der Waals surface area contributed by atoms with Crippen LogP contribution in [0.5, 0.6) is 11.6 Å². The van der Waals surface area contributed by atoms with E-state index in [-0.39, 0.29) is 0 Å². The van der Waals surface area contributed by atoms with Crippen molar-refractivity contribution in [2.75, 3.05) is 0 Å². The number of rotatable bonds is 3. The molecule has 0 bridgehead atoms. The highest BCUT2D eigenvalue weighted by atomic mass is 32.1. The van der Waals surface area contributed by atoms with E-state index in [4.69, 9.17) is 9.15 Å². The Morgan fingerprint density at radius 3 is 2.65 bits per heavy atom. The molecule has 0 fully saturated rings. The summed E-state index contributed by atoms with van der Waals surface area (Å²) in [5, 5.41) is 8.52. The Bertz CT molecular complexity index is 962. The zero-order chi connectivity index (χ0) is 15.8. The summed E-state index contributed by atoms with van der Waals surface area (Å²) >= 11 is 1.65. The second-order valence-electron chi connectivity index (χ2n) is 5.01. The van der Waals surface area contributed by atoms with E-state index >= 15 is 0 Å². The van der Waals surface area contributed by atoms with Gasteiger partial charge in [-0.3, -0.25) is 0 Å². The van der Waals surface area contributed by atoms with Crippen molar-refractivity contribution >= 4 is 21.6 Å². The van der Waals surface area contributed by atoms with Gasteiger partial charge in [-0.25, -0.2) is 9.97 Å². The van der Waals surface area contributed by atoms with E-state index in [1.165, 1.54) is 17.6 Å². The fraction of sp³-hybridized carbons (Fsp3) is 0.125. The molecule has 7 heteroatoms. The highest BCUT2D eigenvalue weighted by Crippen LogP contribution is 2.35. The lowest BCUT2D eigenvalue weighted by molar-refractivity contribution is 0.468. The third-order valence-corrected chi connectivity index (χ3v) is 4.72. The molecular formula is C16H12N4O2S. The molecule has 1 aromatic carbocycles. The van der Waals surface area contributed by atoms with Gasteiger partial charge in [-0.15, -0.1) is 21.5 Å². The lowest BCUT2D eigenvalue weighted by Crippen LogP contribution is -1.90. The summed E-state index contributed by atoms with van der Waals surface area (Å²) in [4.78, 5) is 10.8. The van der Waals surface area contributed by atoms with Crippen LogP contribution in [0.4, 0.5) is 0 Å². The van der Waals surface area contributed by atoms with Crippen LogP contribution in [0.15, 0.2) is 41.4 Å². The molecule has 0 unspecified atom stereocenters. The van der Waals surface area contributed by atoms with E-state index < -0.39 is 0 Å². The second-order valence-corrected chi connectivity index (χ2v) is 6.22. The van der Waals surface area contributed by atoms with E-state index in [9.17, 15) is 0 Å². The number of thiophene rings is 1. The van der Waals surface area contributed by atoms with Crippen molar-refractivity contribution in [1.29, 1.82) is 0 Å². The van der Waals surface area contributed by atoms with Crippen LogP contribution in [0.3, 0.4) is 0 Å². The van der Waals surface area contributed by atoms with Gasteiger partial charge in [0.05, 0.1) is 5.39 Å². The van der Waals surface area contributed by atoms with Gasteiger partial charge in [0.2, 0.25) is 18.2 Å². The van der Waals surface area contributed by atoms with Crippen LogP contribution in [0.1, 0.15) is 10.4 Å². The minimum Gasteiger partial charge on any atom is -0.438 e. The zero-order valence-electron chi connectivity index (χ0n) is 12.5. The standard InChI is InChI=1S/C16H12N4O2S/c1-9-10(2)23-16-13(9)15(17-7-18-16)22-12-5-3-11(4-6-12)14-20-19-8-21-14/h3-8H,1-2H3. The van der Waals surface area contributed by atoms with Crippen molar-refractivity contribution in [2.24, 2.45) is 0 Å². The third kappa shape index (κ3) is 2.44. The van der Waals surface area contributed by atoms with Crippen molar-refractivity contribution in [2.45, 2.75) is 13.8 Å². The Kier molecular flexibility index (Phi) is 3.27. The number of ether oxygens (including phenoxy) is 1. The molecular weight excluding hydrogens is 312 g/mol. The maximum atomic E-state index is 5.95. The molecule has 0 saturated carbocycles. The summed E-state index contributed by atoms with van der Waals surface area (Å²) in [7, 11) is 0. The first-order valence-electron chi connectivity index (χ1n) is 6.97. The summed E-state index contributed by atoms with van der Waals surface area (Å²) in [6.45, 7) is 4.13. The molecule has 0 radical (unpaired) electrons. The van der Waals surface area contributed by atoms with E-state index in [0.717, 1.165) is 21.3 Å². The number of hydrogen-bond donors (Lipinski definition) is 0. The molecule has 4 rings (SSSR count). The first-order chi connectivity index (χ1) is 11.2. The topological polar surface area (TPSA) is 73.9 Å². The monoisotopic (exact) mass is 324 g/mol. The van der Waals surface area contributed by atoms with Gasteiger partial charge in [-0.2, -0.15) is 0 Å². The van der Waals surface area contributed by atoms with Crippen LogP contribution < -0.4 is 4.74 Å². The molecule has 3 aromatic heterocycles. The molecule has 23 heavy (non-hydrogen) atoms. The maximum absolute atomic E-state index is 5.95. The van der Waals surface area contributed by atoms with Crippen molar-refractivity contribution in [3.8, 4) is 23.1 Å². The maximum Gasteiger partial charge on any atom is 0.247 e. The van der Waals surface area contributed by atoms with Crippen molar-refractivity contribution in [3.05, 3.63) is 47.4 Å². The Balaban J connectivity index is 1.68. The Hall–Kier alpha value is -2.80. The summed E-state index contributed by atoms with van der Waals surface area (Å²) in [6.07, 6.45) is 2.83. The van der Waals surface area contributed by atoms with Crippen molar-refractivity contribution in [1.82, 2.24) is 20.2 Å². The first-order valence-corrected chi connectivity index (χ1v) is 7.79. The number of nitrogens with zero attached hydrogens (tertiary/aromatic N) is 4. The van der Waals surface area contributed by atoms with Crippen LogP contribution >= 0.6 is 11.3 Å². The average molecular weight is 324 g/mol. The molecule has 0 aliphatic rings. The van der Waals surface area contributed by atoms with E-state index in [1.54, 1.807) is 11.3 Å². The van der Waals surface area contributed by atoms with Crippen LogP contribution in [0.2, 0.25) is 0 Å². The van der Waals surface area contributed by atoms with Crippen LogP contribution in [-0.4, -0.2) is 20.2 Å². The Morgan fingerprint density at radius 2 is 1.91 bits per heavy atom. The van der Waals surface area contributed by atoms with Gasteiger partial charge in [-0.05, 0) is 43.7 Å². The van der Waals surface area contributed by atoms with Gasteiger partial charge in [0.1, 0.15) is 16.9 Å². The quantitative estimate of drug-likeness (QED) is 0.563. The zero-order valence-corrected chi connectivity index (χ0v) is 13.3. The molecule has 0 aliphatic carbocycles. The number of fused-ring (bicyclic) bond motifs is 1. The Labute approximate surface area is 135 Å². The normalized spacial score (nSPS) is 11.0. The van der Waals surface area contributed by atoms with E-state index in [2.05, 4.69) is 34.0 Å². The van der Waals surface area contributed by atoms with Gasteiger partial charge in [0.15, 0.2) is 0 Å². The minimum atomic E-state index is 0.477. The molecule has 0 atom stereocenters. The second kappa shape index (κ2) is 5.44. The smallest absolute Gasteiger partial charge is 0.247 e. The molecule has 0 amide bonds. The molecule has 114 valence electrons. The predicted octanol–water partition coefficient (Wildman–Crippen LogP) is 4.15. The minimum absolute atomic E-state index is 0.477. The largest absolute Gasteiger partial charge is 0.438 e. The number of hydrogen-bond acceptors (Lipinski definition) is 7. The van der Waals surface area contributed by atoms with Gasteiger partial charge in [0, 0.05) is 10.4 Å². The van der Waals surface area contributed by atoms with Crippen LogP contribution in [0.25, 0.3) is 21.7 Å². The number of aromatic nitrogens is 4. The summed E-state index contributed by atoms with van der Waals surface area (Å²) < 4.78 is 11.1. The van der Waals surface area contributed by atoms with Crippen molar-refractivity contribution in [3.63, 3.8) is 0 Å². The van der Waals surface area contributed by atoms with Crippen LogP contribution in [0, 0.1) is 13.8 Å². The number of benzene rings is 1. The molecule has 0 N–H and O–H groups in total. The average Bonchev–Trinajstić information content (AvgIpc) is 3.18. The molecule has 0 aliphatic heterocycles. The van der Waals surface area contributed by atoms with Gasteiger partial charge >= 0.3 is 0 Å². The first kappa shape index (κ1) is 13.8. The molecule has 3 heterocycles. The fourth-order valence-corrected chi connectivity index (χ4v) is 3.29. The van der Waals surface area contributed by atoms with Gasteiger partial charge in [0.25, 0.3) is 0 Å². The van der Waals surface area contributed by atoms with E-state index in [0.29, 0.717) is 17.5 Å². The molecule has 0 spiro atoms. The summed E-state index contributed by atoms with van der Waals surface area (Å²) in [5.41, 5.74) is 1.99. The lowest BCUT2D eigenvalue weighted by Gasteiger charge is -2.06. The van der Waals surface area contributed by atoms with Crippen LogP contribution in [-0.2, 0) is 0 Å². The Morgan fingerprint density at radius 1 is 1.09 bits per heavy atom. The van der Waals surface area contributed by atoms with Crippen molar-refractivity contribution < 1.29 is 9.15 Å². The lowest BCUT2D eigenvalue weighted by atomic mass is 10.2. The highest BCUT2D eigenvalue weighted by molar-refractivity contribution is 7.18. The molecule has 0 saturated heterocycles. The van der Waals surface area contributed by atoms with Gasteiger partial charge < -0.3 is 9.15 Å². The fourth-order valence-electron chi connectivity index (χ4n) is 2.30. The summed E-state index contributed by atoms with van der Waals surface area (Å²) in [5.74, 6) is 1.74. The highest BCUT2D eigenvalue weighted by Gasteiger charge is 2.14. The molecule has 6 nitrogen and oxygen atoms in total. The number of aryl methyl sites for hydroxylation is 2. The predicted molar refractivity (Wildman–Crippen MR) is 86.7 cm³/mol.